The monoisotopic (exact) mass is 409 g/mol. The van der Waals surface area contributed by atoms with Gasteiger partial charge in [-0.2, -0.15) is 5.10 Å². The third kappa shape index (κ3) is 4.40. The number of anilines is 1. The van der Waals surface area contributed by atoms with E-state index in [2.05, 4.69) is 10.4 Å². The number of amides is 1. The molecule has 144 valence electrons. The summed E-state index contributed by atoms with van der Waals surface area (Å²) in [4.78, 5) is 12.0. The maximum atomic E-state index is 13.7. The van der Waals surface area contributed by atoms with Crippen molar-refractivity contribution in [2.24, 2.45) is 0 Å². The van der Waals surface area contributed by atoms with E-state index in [4.69, 9.17) is 11.6 Å². The molecule has 0 fully saturated rings. The highest BCUT2D eigenvalue weighted by atomic mass is 35.5. The van der Waals surface area contributed by atoms with E-state index in [-0.39, 0.29) is 11.9 Å². The standard InChI is InChI=1S/C19H12ClF4N3O/c20-13-4-2-1-3-11(13)5-6-17(28)25-16-7-8-27(26-16)10-12-18(23)14(21)9-15(22)19(12)24/h1-9H,10H2,(H,25,26,28)/b6-5+. The molecule has 0 saturated carbocycles. The summed E-state index contributed by atoms with van der Waals surface area (Å²) in [6.07, 6.45) is 4.05. The Morgan fingerprint density at radius 1 is 1.11 bits per heavy atom. The number of rotatable bonds is 5. The molecule has 0 aliphatic rings. The lowest BCUT2D eigenvalue weighted by Gasteiger charge is -2.07. The van der Waals surface area contributed by atoms with Crippen molar-refractivity contribution < 1.29 is 22.4 Å². The quantitative estimate of drug-likeness (QED) is 0.374. The largest absolute Gasteiger partial charge is 0.306 e. The Kier molecular flexibility index (Phi) is 5.79. The molecule has 0 atom stereocenters. The van der Waals surface area contributed by atoms with Crippen LogP contribution in [-0.4, -0.2) is 15.7 Å². The molecule has 0 unspecified atom stereocenters. The summed E-state index contributed by atoms with van der Waals surface area (Å²) in [6, 6.07) is 8.42. The zero-order chi connectivity index (χ0) is 20.3. The molecule has 0 spiro atoms. The molecule has 2 aromatic carbocycles. The fourth-order valence-electron chi connectivity index (χ4n) is 2.38. The van der Waals surface area contributed by atoms with Crippen LogP contribution >= 0.6 is 11.6 Å². The van der Waals surface area contributed by atoms with Crippen LogP contribution < -0.4 is 5.32 Å². The predicted molar refractivity (Wildman–Crippen MR) is 96.7 cm³/mol. The van der Waals surface area contributed by atoms with Gasteiger partial charge in [0.05, 0.1) is 12.1 Å². The van der Waals surface area contributed by atoms with E-state index in [0.29, 0.717) is 10.6 Å². The molecule has 9 heteroatoms. The van der Waals surface area contributed by atoms with Gasteiger partial charge in [0.2, 0.25) is 5.91 Å². The average molecular weight is 410 g/mol. The summed E-state index contributed by atoms with van der Waals surface area (Å²) in [5, 5.41) is 6.83. The minimum absolute atomic E-state index is 0.0894. The number of carbonyl (C=O) groups is 1. The van der Waals surface area contributed by atoms with Crippen LogP contribution in [0.15, 0.2) is 48.7 Å². The summed E-state index contributed by atoms with van der Waals surface area (Å²) in [7, 11) is 0. The van der Waals surface area contributed by atoms with Crippen LogP contribution in [-0.2, 0) is 11.3 Å². The van der Waals surface area contributed by atoms with Crippen molar-refractivity contribution in [1.29, 1.82) is 0 Å². The van der Waals surface area contributed by atoms with Crippen molar-refractivity contribution in [3.8, 4) is 0 Å². The highest BCUT2D eigenvalue weighted by molar-refractivity contribution is 6.32. The summed E-state index contributed by atoms with van der Waals surface area (Å²) in [5.74, 6) is -6.42. The van der Waals surface area contributed by atoms with Crippen molar-refractivity contribution in [3.05, 3.63) is 88.1 Å². The molecule has 0 aliphatic carbocycles. The van der Waals surface area contributed by atoms with Crippen LogP contribution in [0.5, 0.6) is 0 Å². The van der Waals surface area contributed by atoms with Crippen molar-refractivity contribution in [1.82, 2.24) is 9.78 Å². The molecule has 1 heterocycles. The number of halogens is 5. The lowest BCUT2D eigenvalue weighted by molar-refractivity contribution is -0.111. The summed E-state index contributed by atoms with van der Waals surface area (Å²) in [5.41, 5.74) is -0.166. The molecule has 0 saturated heterocycles. The van der Waals surface area contributed by atoms with Crippen molar-refractivity contribution in [3.63, 3.8) is 0 Å². The van der Waals surface area contributed by atoms with Crippen LogP contribution in [0.2, 0.25) is 5.02 Å². The van der Waals surface area contributed by atoms with E-state index in [1.807, 2.05) is 0 Å². The van der Waals surface area contributed by atoms with Crippen molar-refractivity contribution in [2.75, 3.05) is 5.32 Å². The first-order valence-corrected chi connectivity index (χ1v) is 8.32. The molecular formula is C19H12ClF4N3O. The van der Waals surface area contributed by atoms with Crippen LogP contribution in [0.1, 0.15) is 11.1 Å². The first-order chi connectivity index (χ1) is 13.3. The van der Waals surface area contributed by atoms with Crippen LogP contribution in [0.3, 0.4) is 0 Å². The fraction of sp³-hybridized carbons (Fsp3) is 0.0526. The van der Waals surface area contributed by atoms with E-state index in [0.717, 1.165) is 4.68 Å². The van der Waals surface area contributed by atoms with Gasteiger partial charge < -0.3 is 5.32 Å². The number of benzene rings is 2. The minimum atomic E-state index is -1.50. The molecule has 1 N–H and O–H groups in total. The summed E-state index contributed by atoms with van der Waals surface area (Å²) in [6.45, 7) is -0.558. The van der Waals surface area contributed by atoms with E-state index in [9.17, 15) is 22.4 Å². The second-order valence-electron chi connectivity index (χ2n) is 5.69. The zero-order valence-electron chi connectivity index (χ0n) is 14.1. The molecule has 0 bridgehead atoms. The smallest absolute Gasteiger partial charge is 0.249 e. The number of hydrogen-bond donors (Lipinski definition) is 1. The lowest BCUT2D eigenvalue weighted by Crippen LogP contribution is -2.11. The number of nitrogens with zero attached hydrogens (tertiary/aromatic N) is 2. The molecule has 3 rings (SSSR count). The van der Waals surface area contributed by atoms with Gasteiger partial charge in [-0.3, -0.25) is 9.48 Å². The molecule has 4 nitrogen and oxygen atoms in total. The Morgan fingerprint density at radius 2 is 1.79 bits per heavy atom. The molecule has 0 aliphatic heterocycles. The molecular weight excluding hydrogens is 398 g/mol. The normalized spacial score (nSPS) is 11.2. The van der Waals surface area contributed by atoms with Gasteiger partial charge in [-0.15, -0.1) is 0 Å². The molecule has 1 amide bonds. The Balaban J connectivity index is 1.70. The van der Waals surface area contributed by atoms with Crippen molar-refractivity contribution in [2.45, 2.75) is 6.54 Å². The van der Waals surface area contributed by atoms with E-state index in [1.54, 1.807) is 24.3 Å². The third-order valence-corrected chi connectivity index (χ3v) is 4.08. The second kappa shape index (κ2) is 8.26. The van der Waals surface area contributed by atoms with Gasteiger partial charge in [-0.05, 0) is 17.7 Å². The van der Waals surface area contributed by atoms with Crippen LogP contribution in [0.25, 0.3) is 6.08 Å². The van der Waals surface area contributed by atoms with Gasteiger partial charge in [0, 0.05) is 29.4 Å². The molecule has 3 aromatic rings. The number of carbonyl (C=O) groups excluding carboxylic acids is 1. The first kappa shape index (κ1) is 19.6. The average Bonchev–Trinajstić information content (AvgIpc) is 3.10. The Bertz CT molecular complexity index is 1040. The third-order valence-electron chi connectivity index (χ3n) is 3.73. The van der Waals surface area contributed by atoms with Gasteiger partial charge in [0.1, 0.15) is 0 Å². The summed E-state index contributed by atoms with van der Waals surface area (Å²) < 4.78 is 55.0. The van der Waals surface area contributed by atoms with Gasteiger partial charge >= 0.3 is 0 Å². The zero-order valence-corrected chi connectivity index (χ0v) is 14.9. The second-order valence-corrected chi connectivity index (χ2v) is 6.10. The number of hydrogen-bond acceptors (Lipinski definition) is 2. The van der Waals surface area contributed by atoms with Gasteiger partial charge in [0.25, 0.3) is 0 Å². The number of aromatic nitrogens is 2. The Morgan fingerprint density at radius 3 is 2.46 bits per heavy atom. The lowest BCUT2D eigenvalue weighted by atomic mass is 10.2. The first-order valence-electron chi connectivity index (χ1n) is 7.94. The molecule has 0 radical (unpaired) electrons. The Hall–Kier alpha value is -3.13. The van der Waals surface area contributed by atoms with Gasteiger partial charge in [-0.25, -0.2) is 17.6 Å². The van der Waals surface area contributed by atoms with E-state index in [1.165, 1.54) is 24.4 Å². The van der Waals surface area contributed by atoms with E-state index < -0.39 is 41.3 Å². The fourth-order valence-corrected chi connectivity index (χ4v) is 2.58. The highest BCUT2D eigenvalue weighted by Crippen LogP contribution is 2.20. The maximum Gasteiger partial charge on any atom is 0.249 e. The Labute approximate surface area is 162 Å². The van der Waals surface area contributed by atoms with Gasteiger partial charge in [0.15, 0.2) is 29.1 Å². The SMILES string of the molecule is O=C(/C=C/c1ccccc1Cl)Nc1ccn(Cc2c(F)c(F)cc(F)c2F)n1. The summed E-state index contributed by atoms with van der Waals surface area (Å²) >= 11 is 5.98. The van der Waals surface area contributed by atoms with Crippen LogP contribution in [0.4, 0.5) is 23.4 Å². The predicted octanol–water partition coefficient (Wildman–Crippen LogP) is 4.79. The molecule has 1 aromatic heterocycles. The van der Waals surface area contributed by atoms with Gasteiger partial charge in [-0.1, -0.05) is 29.8 Å². The highest BCUT2D eigenvalue weighted by Gasteiger charge is 2.19. The minimum Gasteiger partial charge on any atom is -0.306 e. The maximum absolute atomic E-state index is 13.7. The molecule has 28 heavy (non-hydrogen) atoms. The van der Waals surface area contributed by atoms with E-state index >= 15 is 0 Å². The topological polar surface area (TPSA) is 46.9 Å². The number of nitrogens with one attached hydrogen (secondary N) is 1. The van der Waals surface area contributed by atoms with Crippen LogP contribution in [0, 0.1) is 23.3 Å². The van der Waals surface area contributed by atoms with Crippen molar-refractivity contribution >= 4 is 29.4 Å².